The molecule has 0 aromatic heterocycles. The van der Waals surface area contributed by atoms with Crippen molar-refractivity contribution in [1.29, 1.82) is 0 Å². The molecule has 0 radical (unpaired) electrons. The number of amides is 1. The fourth-order valence-electron chi connectivity index (χ4n) is 4.92. The average molecular weight is 450 g/mol. The van der Waals surface area contributed by atoms with Crippen molar-refractivity contribution in [2.75, 3.05) is 32.7 Å². The van der Waals surface area contributed by atoms with Crippen LogP contribution in [0.5, 0.6) is 0 Å². The third-order valence-electron chi connectivity index (χ3n) is 6.86. The summed E-state index contributed by atoms with van der Waals surface area (Å²) in [5.41, 5.74) is 10.9. The van der Waals surface area contributed by atoms with Crippen LogP contribution in [0.25, 0.3) is 21.9 Å². The Morgan fingerprint density at radius 3 is 2.24 bits per heavy atom. The lowest BCUT2D eigenvalue weighted by Gasteiger charge is -2.34. The first-order valence-electron chi connectivity index (χ1n) is 12.1. The fraction of sp³-hybridized carbons (Fsp3) is 0.233. The SMILES string of the molecule is NC(=O)c1cccc(-c2cccc(CN3CCN(CCc4cccc5ccccc45)CC3)c2)c1. The van der Waals surface area contributed by atoms with E-state index in [0.29, 0.717) is 5.56 Å². The zero-order valence-electron chi connectivity index (χ0n) is 19.5. The Labute approximate surface area is 201 Å². The molecule has 0 spiro atoms. The van der Waals surface area contributed by atoms with Crippen LogP contribution in [-0.4, -0.2) is 48.4 Å². The number of nitrogens with zero attached hydrogens (tertiary/aromatic N) is 2. The van der Waals surface area contributed by atoms with E-state index in [2.05, 4.69) is 76.5 Å². The third-order valence-corrected chi connectivity index (χ3v) is 6.86. The minimum atomic E-state index is -0.392. The maximum Gasteiger partial charge on any atom is 0.248 e. The molecule has 5 rings (SSSR count). The van der Waals surface area contributed by atoms with Crippen LogP contribution in [0, 0.1) is 0 Å². The molecule has 4 heteroatoms. The number of nitrogens with two attached hydrogens (primary N) is 1. The highest BCUT2D eigenvalue weighted by atomic mass is 16.1. The summed E-state index contributed by atoms with van der Waals surface area (Å²) in [5, 5.41) is 2.71. The summed E-state index contributed by atoms with van der Waals surface area (Å²) in [6.45, 7) is 6.41. The zero-order valence-corrected chi connectivity index (χ0v) is 19.5. The van der Waals surface area contributed by atoms with E-state index in [9.17, 15) is 4.79 Å². The van der Waals surface area contributed by atoms with Gasteiger partial charge in [0.2, 0.25) is 5.91 Å². The summed E-state index contributed by atoms with van der Waals surface area (Å²) in [6.07, 6.45) is 1.09. The lowest BCUT2D eigenvalue weighted by atomic mass is 10.0. The molecular weight excluding hydrogens is 418 g/mol. The average Bonchev–Trinajstić information content (AvgIpc) is 2.88. The number of hydrogen-bond acceptors (Lipinski definition) is 3. The van der Waals surface area contributed by atoms with Gasteiger partial charge in [-0.1, -0.05) is 72.8 Å². The van der Waals surface area contributed by atoms with Gasteiger partial charge in [-0.2, -0.15) is 0 Å². The lowest BCUT2D eigenvalue weighted by Crippen LogP contribution is -2.46. The Kier molecular flexibility index (Phi) is 6.70. The maximum absolute atomic E-state index is 11.5. The molecule has 1 fully saturated rings. The van der Waals surface area contributed by atoms with Crippen molar-refractivity contribution in [2.24, 2.45) is 5.73 Å². The monoisotopic (exact) mass is 449 g/mol. The van der Waals surface area contributed by atoms with Gasteiger partial charge in [-0.05, 0) is 57.6 Å². The molecule has 172 valence electrons. The number of carbonyl (C=O) groups excluding carboxylic acids is 1. The third kappa shape index (κ3) is 5.19. The van der Waals surface area contributed by atoms with Gasteiger partial charge >= 0.3 is 0 Å². The Hall–Kier alpha value is -3.47. The predicted octanol–water partition coefficient (Wildman–Crippen LogP) is 4.97. The Morgan fingerprint density at radius 1 is 0.735 bits per heavy atom. The van der Waals surface area contributed by atoms with Gasteiger partial charge in [0.05, 0.1) is 0 Å². The van der Waals surface area contributed by atoms with E-state index in [1.54, 1.807) is 6.07 Å². The molecule has 1 heterocycles. The van der Waals surface area contributed by atoms with Gasteiger partial charge in [0.25, 0.3) is 0 Å². The van der Waals surface area contributed by atoms with E-state index in [0.717, 1.165) is 56.8 Å². The summed E-state index contributed by atoms with van der Waals surface area (Å²) < 4.78 is 0. The molecule has 0 unspecified atom stereocenters. The molecular formula is C30H31N3O. The second-order valence-corrected chi connectivity index (χ2v) is 9.15. The van der Waals surface area contributed by atoms with Crippen molar-refractivity contribution in [2.45, 2.75) is 13.0 Å². The molecule has 4 aromatic rings. The van der Waals surface area contributed by atoms with Crippen molar-refractivity contribution in [3.8, 4) is 11.1 Å². The number of piperazine rings is 1. The predicted molar refractivity (Wildman–Crippen MR) is 140 cm³/mol. The molecule has 4 nitrogen and oxygen atoms in total. The standard InChI is InChI=1S/C30H31N3O/c31-30(34)28-12-5-11-27(21-28)26-10-3-6-23(20-26)22-33-18-16-32(17-19-33)15-14-25-9-4-8-24-7-1-2-13-29(24)25/h1-13,20-21H,14-19,22H2,(H2,31,34). The zero-order chi connectivity index (χ0) is 23.3. The second-order valence-electron chi connectivity index (χ2n) is 9.15. The topological polar surface area (TPSA) is 49.6 Å². The Bertz CT molecular complexity index is 1290. The summed E-state index contributed by atoms with van der Waals surface area (Å²) in [6, 6.07) is 31.5. The van der Waals surface area contributed by atoms with Crippen LogP contribution in [-0.2, 0) is 13.0 Å². The fourth-order valence-corrected chi connectivity index (χ4v) is 4.92. The van der Waals surface area contributed by atoms with Gasteiger partial charge in [-0.25, -0.2) is 0 Å². The van der Waals surface area contributed by atoms with E-state index in [-0.39, 0.29) is 0 Å². The van der Waals surface area contributed by atoms with Crippen molar-refractivity contribution in [3.63, 3.8) is 0 Å². The van der Waals surface area contributed by atoms with Crippen LogP contribution < -0.4 is 5.73 Å². The van der Waals surface area contributed by atoms with Crippen LogP contribution in [0.1, 0.15) is 21.5 Å². The van der Waals surface area contributed by atoms with Gasteiger partial charge < -0.3 is 10.6 Å². The van der Waals surface area contributed by atoms with Gasteiger partial charge in [-0.15, -0.1) is 0 Å². The first kappa shape index (κ1) is 22.3. The summed E-state index contributed by atoms with van der Waals surface area (Å²) >= 11 is 0. The quantitative estimate of drug-likeness (QED) is 0.434. The second kappa shape index (κ2) is 10.2. The number of rotatable bonds is 7. The summed E-state index contributed by atoms with van der Waals surface area (Å²) in [4.78, 5) is 16.7. The van der Waals surface area contributed by atoms with Gasteiger partial charge in [-0.3, -0.25) is 9.69 Å². The maximum atomic E-state index is 11.5. The highest BCUT2D eigenvalue weighted by Gasteiger charge is 2.17. The van der Waals surface area contributed by atoms with Gasteiger partial charge in [0.15, 0.2) is 0 Å². The molecule has 4 aromatic carbocycles. The molecule has 2 N–H and O–H groups in total. The summed E-state index contributed by atoms with van der Waals surface area (Å²) in [7, 11) is 0. The first-order valence-corrected chi connectivity index (χ1v) is 12.1. The van der Waals surface area contributed by atoms with Crippen molar-refractivity contribution in [3.05, 3.63) is 108 Å². The molecule has 1 aliphatic rings. The lowest BCUT2D eigenvalue weighted by molar-refractivity contribution is 0.100. The van der Waals surface area contributed by atoms with Crippen LogP contribution in [0.3, 0.4) is 0 Å². The molecule has 1 aliphatic heterocycles. The van der Waals surface area contributed by atoms with E-state index in [4.69, 9.17) is 5.73 Å². The van der Waals surface area contributed by atoms with E-state index >= 15 is 0 Å². The van der Waals surface area contributed by atoms with E-state index < -0.39 is 5.91 Å². The van der Waals surface area contributed by atoms with Crippen LogP contribution in [0.2, 0.25) is 0 Å². The number of hydrogen-bond donors (Lipinski definition) is 1. The highest BCUT2D eigenvalue weighted by Crippen LogP contribution is 2.23. The number of benzene rings is 4. The van der Waals surface area contributed by atoms with Crippen molar-refractivity contribution < 1.29 is 4.79 Å². The summed E-state index contributed by atoms with van der Waals surface area (Å²) in [5.74, 6) is -0.392. The molecule has 0 atom stereocenters. The van der Waals surface area contributed by atoms with E-state index in [1.807, 2.05) is 18.2 Å². The first-order chi connectivity index (χ1) is 16.7. The Balaban J connectivity index is 1.16. The van der Waals surface area contributed by atoms with Crippen molar-refractivity contribution in [1.82, 2.24) is 9.80 Å². The number of carbonyl (C=O) groups is 1. The normalized spacial score (nSPS) is 14.9. The molecule has 0 bridgehead atoms. The van der Waals surface area contributed by atoms with Crippen molar-refractivity contribution >= 4 is 16.7 Å². The molecule has 0 aliphatic carbocycles. The minimum Gasteiger partial charge on any atom is -0.366 e. The molecule has 1 saturated heterocycles. The molecule has 0 saturated carbocycles. The Morgan fingerprint density at radius 2 is 1.41 bits per heavy atom. The minimum absolute atomic E-state index is 0.392. The van der Waals surface area contributed by atoms with Crippen LogP contribution in [0.4, 0.5) is 0 Å². The highest BCUT2D eigenvalue weighted by molar-refractivity contribution is 5.94. The van der Waals surface area contributed by atoms with Crippen LogP contribution >= 0.6 is 0 Å². The molecule has 1 amide bonds. The van der Waals surface area contributed by atoms with E-state index in [1.165, 1.54) is 21.9 Å². The van der Waals surface area contributed by atoms with Gasteiger partial charge in [0, 0.05) is 44.8 Å². The smallest absolute Gasteiger partial charge is 0.248 e. The van der Waals surface area contributed by atoms with Crippen LogP contribution in [0.15, 0.2) is 91.0 Å². The number of fused-ring (bicyclic) bond motifs is 1. The van der Waals surface area contributed by atoms with Gasteiger partial charge in [0.1, 0.15) is 0 Å². The molecule has 34 heavy (non-hydrogen) atoms. The number of primary amides is 1. The largest absolute Gasteiger partial charge is 0.366 e.